The van der Waals surface area contributed by atoms with Gasteiger partial charge in [0.05, 0.1) is 6.04 Å². The predicted octanol–water partition coefficient (Wildman–Crippen LogP) is 4.13. The minimum atomic E-state index is -0.631. The summed E-state index contributed by atoms with van der Waals surface area (Å²) in [6.07, 6.45) is -0.460. The number of benzene rings is 2. The largest absolute Gasteiger partial charge is 0.343 e. The molecule has 5 heteroatoms. The van der Waals surface area contributed by atoms with Crippen molar-refractivity contribution in [2.75, 3.05) is 13.1 Å². The molecule has 0 amide bonds. The molecule has 0 unspecified atom stereocenters. The van der Waals surface area contributed by atoms with Crippen LogP contribution in [0.5, 0.6) is 0 Å². The lowest BCUT2D eigenvalue weighted by atomic mass is 9.96. The van der Waals surface area contributed by atoms with Gasteiger partial charge in [0.2, 0.25) is 0 Å². The van der Waals surface area contributed by atoms with Gasteiger partial charge in [-0.2, -0.15) is 0 Å². The van der Waals surface area contributed by atoms with Crippen molar-refractivity contribution in [3.8, 4) is 0 Å². The van der Waals surface area contributed by atoms with Crippen LogP contribution in [0.2, 0.25) is 0 Å². The Morgan fingerprint density at radius 2 is 1.07 bits per heavy atom. The van der Waals surface area contributed by atoms with Gasteiger partial charge in [-0.15, -0.1) is 0 Å². The van der Waals surface area contributed by atoms with Crippen molar-refractivity contribution in [2.45, 2.75) is 69.7 Å². The zero-order valence-electron chi connectivity index (χ0n) is 18.2. The van der Waals surface area contributed by atoms with Crippen molar-refractivity contribution in [1.29, 1.82) is 0 Å². The van der Waals surface area contributed by atoms with E-state index in [1.54, 1.807) is 0 Å². The lowest BCUT2D eigenvalue weighted by Crippen LogP contribution is -2.41. The summed E-state index contributed by atoms with van der Waals surface area (Å²) in [4.78, 5) is 2.47. The molecule has 0 bridgehead atoms. The summed E-state index contributed by atoms with van der Waals surface area (Å²) in [5.41, 5.74) is 2.52. The van der Waals surface area contributed by atoms with Gasteiger partial charge in [-0.3, -0.25) is 4.90 Å². The Bertz CT molecular complexity index is 798. The Balaban J connectivity index is 1.55. The molecule has 2 aromatic carbocycles. The average Bonchev–Trinajstić information content (AvgIpc) is 3.14. The first-order valence-corrected chi connectivity index (χ1v) is 10.9. The highest BCUT2D eigenvalue weighted by atomic mass is 16.8. The summed E-state index contributed by atoms with van der Waals surface area (Å²) in [5, 5.41) is 0. The van der Waals surface area contributed by atoms with Gasteiger partial charge in [-0.25, -0.2) is 0 Å². The molecule has 30 heavy (non-hydrogen) atoms. The quantitative estimate of drug-likeness (QED) is 0.762. The van der Waals surface area contributed by atoms with E-state index in [0.29, 0.717) is 0 Å². The maximum Gasteiger partial charge on any atom is 0.163 e. The van der Waals surface area contributed by atoms with E-state index in [4.69, 9.17) is 18.9 Å². The third kappa shape index (κ3) is 3.81. The Hall–Kier alpha value is -1.76. The predicted molar refractivity (Wildman–Crippen MR) is 114 cm³/mol. The SMILES string of the molecule is CC1(C)O[C@H]2[C@@H]3OC(C)(C)O[C@@H]3CN(C(c3ccccc3)c3ccccc3)C[C@H]2O1. The van der Waals surface area contributed by atoms with Gasteiger partial charge in [0.1, 0.15) is 24.4 Å². The zero-order chi connectivity index (χ0) is 20.9. The van der Waals surface area contributed by atoms with Crippen LogP contribution >= 0.6 is 0 Å². The second-order valence-corrected chi connectivity index (χ2v) is 9.46. The van der Waals surface area contributed by atoms with Crippen molar-refractivity contribution in [2.24, 2.45) is 0 Å². The molecule has 0 saturated carbocycles. The minimum Gasteiger partial charge on any atom is -0.343 e. The number of rotatable bonds is 3. The van der Waals surface area contributed by atoms with E-state index >= 15 is 0 Å². The van der Waals surface area contributed by atoms with Crippen molar-refractivity contribution in [3.63, 3.8) is 0 Å². The van der Waals surface area contributed by atoms with E-state index in [-0.39, 0.29) is 30.5 Å². The Kier molecular flexibility index (Phi) is 4.99. The molecule has 0 aromatic heterocycles. The summed E-state index contributed by atoms with van der Waals surface area (Å²) < 4.78 is 25.4. The van der Waals surface area contributed by atoms with Crippen LogP contribution in [-0.4, -0.2) is 54.0 Å². The fourth-order valence-corrected chi connectivity index (χ4v) is 5.20. The van der Waals surface area contributed by atoms with E-state index in [1.807, 2.05) is 27.7 Å². The zero-order valence-corrected chi connectivity index (χ0v) is 18.2. The highest BCUT2D eigenvalue weighted by Crippen LogP contribution is 2.43. The number of hydrogen-bond acceptors (Lipinski definition) is 5. The van der Waals surface area contributed by atoms with E-state index < -0.39 is 11.6 Å². The average molecular weight is 410 g/mol. The van der Waals surface area contributed by atoms with Gasteiger partial charge < -0.3 is 18.9 Å². The second-order valence-electron chi connectivity index (χ2n) is 9.46. The van der Waals surface area contributed by atoms with E-state index in [0.717, 1.165) is 13.1 Å². The van der Waals surface area contributed by atoms with E-state index in [2.05, 4.69) is 65.6 Å². The number of fused-ring (bicyclic) bond motifs is 3. The van der Waals surface area contributed by atoms with Gasteiger partial charge in [-0.05, 0) is 38.8 Å². The monoisotopic (exact) mass is 409 g/mol. The van der Waals surface area contributed by atoms with Crippen LogP contribution in [0, 0.1) is 0 Å². The van der Waals surface area contributed by atoms with Crippen molar-refractivity contribution in [1.82, 2.24) is 4.90 Å². The number of ether oxygens (including phenoxy) is 4. The topological polar surface area (TPSA) is 40.2 Å². The molecule has 160 valence electrons. The van der Waals surface area contributed by atoms with Crippen LogP contribution in [0.3, 0.4) is 0 Å². The molecule has 0 aliphatic carbocycles. The Morgan fingerprint density at radius 3 is 1.47 bits per heavy atom. The Morgan fingerprint density at radius 1 is 0.667 bits per heavy atom. The molecular weight excluding hydrogens is 378 g/mol. The first-order valence-electron chi connectivity index (χ1n) is 10.9. The highest BCUT2D eigenvalue weighted by molar-refractivity contribution is 5.32. The standard InChI is InChI=1S/C25H31NO4/c1-24(2)27-19-15-26(16-20-23(22(19)29-24)30-25(3,4)28-20)21(17-11-7-5-8-12-17)18-13-9-6-10-14-18/h5-14,19-23H,15-16H2,1-4H3/t19-,20-,22-,23-/m1/s1. The summed E-state index contributed by atoms with van der Waals surface area (Å²) in [6.45, 7) is 9.43. The molecule has 3 heterocycles. The van der Waals surface area contributed by atoms with E-state index in [1.165, 1.54) is 11.1 Å². The smallest absolute Gasteiger partial charge is 0.163 e. The molecule has 0 N–H and O–H groups in total. The molecule has 5 rings (SSSR count). The van der Waals surface area contributed by atoms with Gasteiger partial charge >= 0.3 is 0 Å². The second kappa shape index (κ2) is 7.43. The third-order valence-electron chi connectivity index (χ3n) is 6.19. The minimum absolute atomic E-state index is 0.0811. The lowest BCUT2D eigenvalue weighted by Gasteiger charge is -2.34. The molecule has 2 aromatic rings. The molecule has 4 atom stereocenters. The van der Waals surface area contributed by atoms with Gasteiger partial charge in [-0.1, -0.05) is 60.7 Å². The van der Waals surface area contributed by atoms with Gasteiger partial charge in [0.15, 0.2) is 11.6 Å². The van der Waals surface area contributed by atoms with Crippen LogP contribution in [0.4, 0.5) is 0 Å². The van der Waals surface area contributed by atoms with Crippen molar-refractivity contribution >= 4 is 0 Å². The fraction of sp³-hybridized carbons (Fsp3) is 0.520. The third-order valence-corrected chi connectivity index (χ3v) is 6.19. The lowest BCUT2D eigenvalue weighted by molar-refractivity contribution is -0.175. The molecule has 3 fully saturated rings. The first kappa shape index (κ1) is 20.2. The highest BCUT2D eigenvalue weighted by Gasteiger charge is 2.56. The molecule has 3 aliphatic heterocycles. The van der Waals surface area contributed by atoms with Crippen LogP contribution in [0.25, 0.3) is 0 Å². The van der Waals surface area contributed by atoms with E-state index in [9.17, 15) is 0 Å². The molecule has 0 radical (unpaired) electrons. The van der Waals surface area contributed by atoms with Crippen LogP contribution in [0.15, 0.2) is 60.7 Å². The normalized spacial score (nSPS) is 32.6. The van der Waals surface area contributed by atoms with Crippen LogP contribution < -0.4 is 0 Å². The number of hydrogen-bond donors (Lipinski definition) is 0. The number of likely N-dealkylation sites (tertiary alicyclic amines) is 1. The summed E-state index contributed by atoms with van der Waals surface area (Å²) >= 11 is 0. The van der Waals surface area contributed by atoms with Gasteiger partial charge in [0, 0.05) is 13.1 Å². The molecule has 3 aliphatic rings. The number of nitrogens with zero attached hydrogens (tertiary/aromatic N) is 1. The maximum absolute atomic E-state index is 6.36. The molecule has 3 saturated heterocycles. The summed E-state index contributed by atoms with van der Waals surface area (Å²) in [6, 6.07) is 21.4. The van der Waals surface area contributed by atoms with Gasteiger partial charge in [0.25, 0.3) is 0 Å². The molecule has 0 spiro atoms. The van der Waals surface area contributed by atoms with Crippen molar-refractivity contribution < 1.29 is 18.9 Å². The summed E-state index contributed by atoms with van der Waals surface area (Å²) in [7, 11) is 0. The summed E-state index contributed by atoms with van der Waals surface area (Å²) in [5.74, 6) is -1.26. The fourth-order valence-electron chi connectivity index (χ4n) is 5.20. The van der Waals surface area contributed by atoms with Crippen molar-refractivity contribution in [3.05, 3.63) is 71.8 Å². The Labute approximate surface area is 178 Å². The van der Waals surface area contributed by atoms with Crippen LogP contribution in [0.1, 0.15) is 44.9 Å². The first-order chi connectivity index (χ1) is 14.3. The molecular formula is C25H31NO4. The molecule has 5 nitrogen and oxygen atoms in total. The maximum atomic E-state index is 6.36. The van der Waals surface area contributed by atoms with Crippen LogP contribution in [-0.2, 0) is 18.9 Å².